The Kier molecular flexibility index (Phi) is 9.02. The van der Waals surface area contributed by atoms with Gasteiger partial charge in [-0.25, -0.2) is 0 Å². The van der Waals surface area contributed by atoms with Crippen LogP contribution in [0.1, 0.15) is 24.4 Å². The quantitative estimate of drug-likeness (QED) is 0.872. The minimum absolute atomic E-state index is 0. The molecule has 24 heavy (non-hydrogen) atoms. The van der Waals surface area contributed by atoms with Crippen molar-refractivity contribution in [2.75, 3.05) is 39.4 Å². The molecule has 2 aliphatic rings. The summed E-state index contributed by atoms with van der Waals surface area (Å²) in [6.45, 7) is 5.27. The molecule has 7 heteroatoms. The third-order valence-electron chi connectivity index (χ3n) is 4.70. The van der Waals surface area contributed by atoms with E-state index in [1.165, 1.54) is 0 Å². The maximum absolute atomic E-state index is 12.5. The Morgan fingerprint density at radius 3 is 2.50 bits per heavy atom. The first-order valence-corrected chi connectivity index (χ1v) is 8.14. The lowest BCUT2D eigenvalue weighted by Crippen LogP contribution is -2.45. The van der Waals surface area contributed by atoms with E-state index in [-0.39, 0.29) is 36.8 Å². The number of benzene rings is 1. The number of hydrogen-bond acceptors (Lipinski definition) is 4. The van der Waals surface area contributed by atoms with Gasteiger partial charge in [0.2, 0.25) is 5.91 Å². The molecule has 2 saturated heterocycles. The van der Waals surface area contributed by atoms with Crippen molar-refractivity contribution in [3.63, 3.8) is 0 Å². The summed E-state index contributed by atoms with van der Waals surface area (Å²) in [5, 5.41) is 0. The van der Waals surface area contributed by atoms with Crippen LogP contribution in [0.15, 0.2) is 30.3 Å². The van der Waals surface area contributed by atoms with E-state index in [2.05, 4.69) is 4.90 Å². The zero-order valence-corrected chi connectivity index (χ0v) is 15.4. The molecule has 2 N–H and O–H groups in total. The summed E-state index contributed by atoms with van der Waals surface area (Å²) in [4.78, 5) is 16.9. The molecule has 3 rings (SSSR count). The molecule has 2 unspecified atom stereocenters. The van der Waals surface area contributed by atoms with Gasteiger partial charge in [-0.05, 0) is 12.0 Å². The highest BCUT2D eigenvalue weighted by molar-refractivity contribution is 5.85. The summed E-state index contributed by atoms with van der Waals surface area (Å²) in [5.74, 6) is 0.173. The van der Waals surface area contributed by atoms with Crippen molar-refractivity contribution >= 4 is 30.7 Å². The molecule has 0 aliphatic carbocycles. The van der Waals surface area contributed by atoms with Crippen LogP contribution in [0.2, 0.25) is 0 Å². The molecule has 2 fully saturated rings. The van der Waals surface area contributed by atoms with Crippen LogP contribution >= 0.6 is 24.8 Å². The maximum Gasteiger partial charge on any atom is 0.224 e. The fourth-order valence-electron chi connectivity index (χ4n) is 3.34. The van der Waals surface area contributed by atoms with E-state index in [0.29, 0.717) is 12.5 Å². The van der Waals surface area contributed by atoms with Crippen molar-refractivity contribution in [3.8, 4) is 0 Å². The molecular weight excluding hydrogens is 349 g/mol. The zero-order valence-electron chi connectivity index (χ0n) is 13.8. The van der Waals surface area contributed by atoms with Crippen LogP contribution in [0, 0.1) is 0 Å². The molecule has 136 valence electrons. The van der Waals surface area contributed by atoms with Gasteiger partial charge in [-0.2, -0.15) is 0 Å². The van der Waals surface area contributed by atoms with Crippen molar-refractivity contribution in [2.24, 2.45) is 5.73 Å². The van der Waals surface area contributed by atoms with Crippen molar-refractivity contribution < 1.29 is 9.53 Å². The van der Waals surface area contributed by atoms with Gasteiger partial charge in [0.1, 0.15) is 0 Å². The van der Waals surface area contributed by atoms with Crippen LogP contribution in [-0.2, 0) is 9.53 Å². The van der Waals surface area contributed by atoms with E-state index in [4.69, 9.17) is 10.5 Å². The van der Waals surface area contributed by atoms with Crippen molar-refractivity contribution in [3.05, 3.63) is 35.9 Å². The van der Waals surface area contributed by atoms with Gasteiger partial charge in [-0.15, -0.1) is 24.8 Å². The average Bonchev–Trinajstić information content (AvgIpc) is 3.06. The van der Waals surface area contributed by atoms with E-state index >= 15 is 0 Å². The van der Waals surface area contributed by atoms with Crippen LogP contribution in [-0.4, -0.2) is 61.1 Å². The Morgan fingerprint density at radius 2 is 1.83 bits per heavy atom. The van der Waals surface area contributed by atoms with Crippen LogP contribution < -0.4 is 5.73 Å². The Hall–Kier alpha value is -0.850. The number of ether oxygens (including phenoxy) is 1. The largest absolute Gasteiger partial charge is 0.379 e. The summed E-state index contributed by atoms with van der Waals surface area (Å²) < 4.78 is 5.40. The Balaban J connectivity index is 0.00000144. The van der Waals surface area contributed by atoms with Crippen molar-refractivity contribution in [1.29, 1.82) is 0 Å². The minimum atomic E-state index is -0.212. The van der Waals surface area contributed by atoms with Gasteiger partial charge < -0.3 is 15.4 Å². The highest BCUT2D eigenvalue weighted by Crippen LogP contribution is 2.20. The number of carbonyl (C=O) groups excluding carboxylic acids is 1. The van der Waals surface area contributed by atoms with Gasteiger partial charge in [0.05, 0.1) is 13.2 Å². The van der Waals surface area contributed by atoms with Crippen molar-refractivity contribution in [1.82, 2.24) is 9.80 Å². The SMILES string of the molecule is Cl.Cl.NC(CC(=O)N1CCC(N2CCOCC2)C1)c1ccccc1. The lowest BCUT2D eigenvalue weighted by molar-refractivity contribution is -0.130. The summed E-state index contributed by atoms with van der Waals surface area (Å²) in [7, 11) is 0. The van der Waals surface area contributed by atoms with Gasteiger partial charge in [0.25, 0.3) is 0 Å². The number of amides is 1. The number of morpholine rings is 1. The van der Waals surface area contributed by atoms with Crippen molar-refractivity contribution in [2.45, 2.75) is 24.9 Å². The molecule has 0 spiro atoms. The van der Waals surface area contributed by atoms with Gasteiger partial charge in [0, 0.05) is 44.7 Å². The molecule has 0 aromatic heterocycles. The first kappa shape index (κ1) is 21.2. The highest BCUT2D eigenvalue weighted by Gasteiger charge is 2.31. The van der Waals surface area contributed by atoms with Crippen LogP contribution in [0.25, 0.3) is 0 Å². The zero-order chi connectivity index (χ0) is 15.4. The van der Waals surface area contributed by atoms with Gasteiger partial charge in [-0.3, -0.25) is 9.69 Å². The molecule has 2 atom stereocenters. The van der Waals surface area contributed by atoms with E-state index in [9.17, 15) is 4.79 Å². The standard InChI is InChI=1S/C17H25N3O2.2ClH/c18-16(14-4-2-1-3-5-14)12-17(21)20-7-6-15(13-20)19-8-10-22-11-9-19;;/h1-5,15-16H,6-13,18H2;2*1H. The third kappa shape index (κ3) is 5.33. The Labute approximate surface area is 156 Å². The molecule has 1 amide bonds. The van der Waals surface area contributed by atoms with E-state index in [1.54, 1.807) is 0 Å². The minimum Gasteiger partial charge on any atom is -0.379 e. The monoisotopic (exact) mass is 375 g/mol. The third-order valence-corrected chi connectivity index (χ3v) is 4.70. The fraction of sp³-hybridized carbons (Fsp3) is 0.588. The summed E-state index contributed by atoms with van der Waals surface area (Å²) in [6.07, 6.45) is 1.45. The molecule has 5 nitrogen and oxygen atoms in total. The Bertz CT molecular complexity index is 498. The molecule has 1 aromatic carbocycles. The second kappa shape index (κ2) is 10.2. The topological polar surface area (TPSA) is 58.8 Å². The smallest absolute Gasteiger partial charge is 0.224 e. The predicted molar refractivity (Wildman–Crippen MR) is 99.9 cm³/mol. The van der Waals surface area contributed by atoms with E-state index in [1.807, 2.05) is 35.2 Å². The average molecular weight is 376 g/mol. The second-order valence-corrected chi connectivity index (χ2v) is 6.15. The molecule has 2 aliphatic heterocycles. The first-order valence-electron chi connectivity index (χ1n) is 8.14. The molecule has 2 heterocycles. The number of halogens is 2. The van der Waals surface area contributed by atoms with Crippen LogP contribution in [0.3, 0.4) is 0 Å². The normalized spacial score (nSPS) is 22.4. The molecule has 0 radical (unpaired) electrons. The molecular formula is C17H27Cl2N3O2. The number of carbonyl (C=O) groups is 1. The van der Waals surface area contributed by atoms with Gasteiger partial charge in [-0.1, -0.05) is 30.3 Å². The maximum atomic E-state index is 12.5. The molecule has 0 bridgehead atoms. The lowest BCUT2D eigenvalue weighted by atomic mass is 10.0. The fourth-order valence-corrected chi connectivity index (χ4v) is 3.34. The summed E-state index contributed by atoms with van der Waals surface area (Å²) >= 11 is 0. The van der Waals surface area contributed by atoms with Crippen LogP contribution in [0.5, 0.6) is 0 Å². The number of likely N-dealkylation sites (tertiary alicyclic amines) is 1. The van der Waals surface area contributed by atoms with Gasteiger partial charge >= 0.3 is 0 Å². The van der Waals surface area contributed by atoms with Crippen LogP contribution in [0.4, 0.5) is 0 Å². The predicted octanol–water partition coefficient (Wildman–Crippen LogP) is 1.85. The second-order valence-electron chi connectivity index (χ2n) is 6.15. The molecule has 0 saturated carbocycles. The molecule has 1 aromatic rings. The first-order chi connectivity index (χ1) is 10.7. The summed E-state index contributed by atoms with van der Waals surface area (Å²) in [5.41, 5.74) is 7.19. The lowest BCUT2D eigenvalue weighted by Gasteiger charge is -2.32. The highest BCUT2D eigenvalue weighted by atomic mass is 35.5. The summed E-state index contributed by atoms with van der Waals surface area (Å²) in [6, 6.07) is 10.1. The van der Waals surface area contributed by atoms with Gasteiger partial charge in [0.15, 0.2) is 0 Å². The van der Waals surface area contributed by atoms with E-state index in [0.717, 1.165) is 51.4 Å². The number of nitrogens with two attached hydrogens (primary N) is 1. The van der Waals surface area contributed by atoms with E-state index < -0.39 is 0 Å². The Morgan fingerprint density at radius 1 is 1.17 bits per heavy atom. The number of rotatable bonds is 4. The number of nitrogens with zero attached hydrogens (tertiary/aromatic N) is 2. The number of hydrogen-bond donors (Lipinski definition) is 1.